The molecule has 0 aromatic rings. The minimum atomic E-state index is -0.285. The normalized spacial score (nSPS) is 9.40. The summed E-state index contributed by atoms with van der Waals surface area (Å²) in [7, 11) is 0. The zero-order valence-corrected chi connectivity index (χ0v) is 8.09. The summed E-state index contributed by atoms with van der Waals surface area (Å²) in [5.74, 6) is -0.285. The van der Waals surface area contributed by atoms with Crippen LogP contribution in [0.2, 0.25) is 0 Å². The second-order valence-electron chi connectivity index (χ2n) is 1.55. The van der Waals surface area contributed by atoms with Crippen LogP contribution in [-0.4, -0.2) is 30.2 Å². The van der Waals surface area contributed by atoms with Gasteiger partial charge in [0.2, 0.25) is 0 Å². The number of hydrogen-bond donors (Lipinski definition) is 0. The monoisotopic (exact) mass is 258 g/mol. The van der Waals surface area contributed by atoms with Crippen LogP contribution in [0.4, 0.5) is 0 Å². The van der Waals surface area contributed by atoms with Gasteiger partial charge in [-0.3, -0.25) is 0 Å². The van der Waals surface area contributed by atoms with Gasteiger partial charge in [-0.2, -0.15) is 0 Å². The van der Waals surface area contributed by atoms with Crippen LogP contribution in [0.3, 0.4) is 0 Å². The second kappa shape index (κ2) is 7.27. The van der Waals surface area contributed by atoms with Gasteiger partial charge in [0.05, 0.1) is 13.2 Å². The standard InChI is InChI=1S/C6H11IO3/c1-2-10-6(8)5-9-4-3-7/h2-5H2,1H3. The summed E-state index contributed by atoms with van der Waals surface area (Å²) < 4.78 is 10.4. The topological polar surface area (TPSA) is 35.5 Å². The molecule has 0 radical (unpaired) electrons. The Kier molecular flexibility index (Phi) is 7.39. The maximum Gasteiger partial charge on any atom is 0.332 e. The fourth-order valence-corrected chi connectivity index (χ4v) is 0.724. The van der Waals surface area contributed by atoms with Gasteiger partial charge >= 0.3 is 5.97 Å². The summed E-state index contributed by atoms with van der Waals surface area (Å²) in [4.78, 5) is 10.6. The molecule has 0 rings (SSSR count). The Morgan fingerprint density at radius 2 is 2.30 bits per heavy atom. The molecule has 0 aromatic carbocycles. The molecule has 3 nitrogen and oxygen atoms in total. The molecule has 0 aliphatic carbocycles. The fraction of sp³-hybridized carbons (Fsp3) is 0.833. The molecule has 0 heterocycles. The lowest BCUT2D eigenvalue weighted by molar-refractivity contribution is -0.148. The van der Waals surface area contributed by atoms with Crippen LogP contribution < -0.4 is 0 Å². The third kappa shape index (κ3) is 6.28. The van der Waals surface area contributed by atoms with Crippen LogP contribution in [0.5, 0.6) is 0 Å². The lowest BCUT2D eigenvalue weighted by atomic mass is 10.7. The average molecular weight is 258 g/mol. The Bertz CT molecular complexity index is 95.0. The molecule has 0 saturated heterocycles. The summed E-state index contributed by atoms with van der Waals surface area (Å²) in [5.41, 5.74) is 0. The third-order valence-corrected chi connectivity index (χ3v) is 1.19. The van der Waals surface area contributed by atoms with Gasteiger partial charge in [0, 0.05) is 4.43 Å². The van der Waals surface area contributed by atoms with E-state index in [1.54, 1.807) is 6.92 Å². The number of ether oxygens (including phenoxy) is 2. The zero-order chi connectivity index (χ0) is 7.82. The van der Waals surface area contributed by atoms with Gasteiger partial charge in [-0.05, 0) is 6.92 Å². The highest BCUT2D eigenvalue weighted by Crippen LogP contribution is 1.84. The summed E-state index contributed by atoms with van der Waals surface area (Å²) in [6.07, 6.45) is 0. The van der Waals surface area contributed by atoms with Crippen LogP contribution in [0.25, 0.3) is 0 Å². The number of hydrogen-bond acceptors (Lipinski definition) is 3. The van der Waals surface area contributed by atoms with Crippen LogP contribution in [0.15, 0.2) is 0 Å². The Morgan fingerprint density at radius 3 is 2.80 bits per heavy atom. The van der Waals surface area contributed by atoms with Crippen molar-refractivity contribution in [2.24, 2.45) is 0 Å². The molecular formula is C6H11IO3. The van der Waals surface area contributed by atoms with E-state index in [1.807, 2.05) is 0 Å². The smallest absolute Gasteiger partial charge is 0.332 e. The molecule has 0 unspecified atom stereocenters. The SMILES string of the molecule is CCOC(=O)COCCI. The summed E-state index contributed by atoms with van der Waals surface area (Å²) in [6, 6.07) is 0. The van der Waals surface area contributed by atoms with Gasteiger partial charge in [0.15, 0.2) is 0 Å². The van der Waals surface area contributed by atoms with Crippen molar-refractivity contribution in [1.82, 2.24) is 0 Å². The lowest BCUT2D eigenvalue weighted by Gasteiger charge is -2.00. The van der Waals surface area contributed by atoms with Gasteiger partial charge < -0.3 is 9.47 Å². The minimum Gasteiger partial charge on any atom is -0.464 e. The second-order valence-corrected chi connectivity index (χ2v) is 2.63. The highest BCUT2D eigenvalue weighted by atomic mass is 127. The van der Waals surface area contributed by atoms with Crippen molar-refractivity contribution in [3.05, 3.63) is 0 Å². The van der Waals surface area contributed by atoms with E-state index in [2.05, 4.69) is 27.3 Å². The van der Waals surface area contributed by atoms with Crippen molar-refractivity contribution in [2.75, 3.05) is 24.2 Å². The number of carbonyl (C=O) groups is 1. The highest BCUT2D eigenvalue weighted by molar-refractivity contribution is 14.1. The maximum absolute atomic E-state index is 10.6. The van der Waals surface area contributed by atoms with Gasteiger partial charge in [0.25, 0.3) is 0 Å². The van der Waals surface area contributed by atoms with Crippen LogP contribution in [-0.2, 0) is 14.3 Å². The highest BCUT2D eigenvalue weighted by Gasteiger charge is 1.98. The first-order valence-corrected chi connectivity index (χ1v) is 4.63. The lowest BCUT2D eigenvalue weighted by Crippen LogP contribution is -2.13. The van der Waals surface area contributed by atoms with Crippen molar-refractivity contribution >= 4 is 28.6 Å². The van der Waals surface area contributed by atoms with E-state index in [0.717, 1.165) is 4.43 Å². The predicted molar refractivity (Wildman–Crippen MR) is 46.3 cm³/mol. The molecule has 0 saturated carbocycles. The Labute approximate surface area is 74.2 Å². The van der Waals surface area contributed by atoms with Gasteiger partial charge in [0.1, 0.15) is 6.61 Å². The van der Waals surface area contributed by atoms with E-state index in [-0.39, 0.29) is 12.6 Å². The molecule has 0 spiro atoms. The number of alkyl halides is 1. The van der Waals surface area contributed by atoms with Crippen LogP contribution >= 0.6 is 22.6 Å². The Hall–Kier alpha value is 0.160. The van der Waals surface area contributed by atoms with Crippen molar-refractivity contribution in [1.29, 1.82) is 0 Å². The summed E-state index contributed by atoms with van der Waals surface area (Å²) >= 11 is 2.18. The largest absolute Gasteiger partial charge is 0.464 e. The number of rotatable bonds is 5. The Morgan fingerprint density at radius 1 is 1.60 bits per heavy atom. The molecular weight excluding hydrogens is 247 g/mol. The fourth-order valence-electron chi connectivity index (χ4n) is 0.413. The molecule has 0 fully saturated rings. The molecule has 10 heavy (non-hydrogen) atoms. The van der Waals surface area contributed by atoms with E-state index in [0.29, 0.717) is 13.2 Å². The molecule has 0 N–H and O–H groups in total. The maximum atomic E-state index is 10.6. The van der Waals surface area contributed by atoms with Crippen LogP contribution in [0.1, 0.15) is 6.92 Å². The molecule has 0 atom stereocenters. The van der Waals surface area contributed by atoms with Gasteiger partial charge in [-0.25, -0.2) is 4.79 Å². The molecule has 0 aromatic heterocycles. The average Bonchev–Trinajstić information content (AvgIpc) is 1.89. The van der Waals surface area contributed by atoms with Crippen LogP contribution in [0, 0.1) is 0 Å². The van der Waals surface area contributed by atoms with E-state index in [4.69, 9.17) is 4.74 Å². The summed E-state index contributed by atoms with van der Waals surface area (Å²) in [6.45, 7) is 2.89. The minimum absolute atomic E-state index is 0.0802. The zero-order valence-electron chi connectivity index (χ0n) is 5.93. The third-order valence-electron chi connectivity index (χ3n) is 0.747. The van der Waals surface area contributed by atoms with Crippen molar-refractivity contribution in [2.45, 2.75) is 6.92 Å². The number of esters is 1. The first kappa shape index (κ1) is 10.2. The summed E-state index contributed by atoms with van der Waals surface area (Å²) in [5, 5.41) is 0. The van der Waals surface area contributed by atoms with Crippen molar-refractivity contribution < 1.29 is 14.3 Å². The Balaban J connectivity index is 3.05. The van der Waals surface area contributed by atoms with E-state index >= 15 is 0 Å². The molecule has 4 heteroatoms. The first-order chi connectivity index (χ1) is 4.81. The van der Waals surface area contributed by atoms with Crippen molar-refractivity contribution in [3.8, 4) is 0 Å². The van der Waals surface area contributed by atoms with Crippen molar-refractivity contribution in [3.63, 3.8) is 0 Å². The van der Waals surface area contributed by atoms with E-state index < -0.39 is 0 Å². The van der Waals surface area contributed by atoms with E-state index in [1.165, 1.54) is 0 Å². The van der Waals surface area contributed by atoms with E-state index in [9.17, 15) is 4.79 Å². The predicted octanol–water partition coefficient (Wildman–Crippen LogP) is 1.00. The van der Waals surface area contributed by atoms with Gasteiger partial charge in [-0.15, -0.1) is 0 Å². The van der Waals surface area contributed by atoms with Gasteiger partial charge in [-0.1, -0.05) is 22.6 Å². The molecule has 0 aliphatic heterocycles. The molecule has 0 aliphatic rings. The first-order valence-electron chi connectivity index (χ1n) is 3.10. The molecule has 60 valence electrons. The molecule has 0 amide bonds. The number of halogens is 1. The number of carbonyl (C=O) groups excluding carboxylic acids is 1. The quantitative estimate of drug-likeness (QED) is 0.319. The molecule has 0 bridgehead atoms.